The van der Waals surface area contributed by atoms with Gasteiger partial charge in [-0.3, -0.25) is 9.69 Å². The van der Waals surface area contributed by atoms with Crippen LogP contribution in [0, 0.1) is 0 Å². The van der Waals surface area contributed by atoms with Crippen LogP contribution in [0.15, 0.2) is 40.5 Å². The van der Waals surface area contributed by atoms with Crippen molar-refractivity contribution in [3.8, 4) is 0 Å². The van der Waals surface area contributed by atoms with Gasteiger partial charge in [0, 0.05) is 17.5 Å². The second-order valence-electron chi connectivity index (χ2n) is 5.84. The van der Waals surface area contributed by atoms with Crippen LogP contribution in [0.2, 0.25) is 0 Å². The molecule has 6 heteroatoms. The molecule has 3 heterocycles. The van der Waals surface area contributed by atoms with Gasteiger partial charge in [0.1, 0.15) is 5.52 Å². The molecule has 0 fully saturated rings. The van der Waals surface area contributed by atoms with E-state index in [1.54, 1.807) is 0 Å². The second kappa shape index (κ2) is 5.86. The van der Waals surface area contributed by atoms with Crippen molar-refractivity contribution >= 4 is 22.2 Å². The molecule has 0 amide bonds. The number of rotatable bonds is 3. The summed E-state index contributed by atoms with van der Waals surface area (Å²) in [5.41, 5.74) is 1.99. The minimum Gasteiger partial charge on any atom is -0.277 e. The molecule has 1 aliphatic heterocycles. The standard InChI is InChI=1S/C17H18N4OS/c1-2-15-13-8-10-23-16(13)7-9-20(15)11-21-17(22)12-5-3-4-6-14(12)18-19-21/h3-6,8,10,15H,2,7,9,11H2,1H3/t15-/m1/s1. The zero-order valence-electron chi connectivity index (χ0n) is 13.0. The minimum atomic E-state index is -0.0680. The van der Waals surface area contributed by atoms with E-state index in [0.29, 0.717) is 23.6 Å². The molecule has 5 nitrogen and oxygen atoms in total. The van der Waals surface area contributed by atoms with Crippen LogP contribution >= 0.6 is 11.3 Å². The summed E-state index contributed by atoms with van der Waals surface area (Å²) in [7, 11) is 0. The number of thiophene rings is 1. The third-order valence-electron chi connectivity index (χ3n) is 4.54. The molecule has 23 heavy (non-hydrogen) atoms. The summed E-state index contributed by atoms with van der Waals surface area (Å²) < 4.78 is 1.49. The summed E-state index contributed by atoms with van der Waals surface area (Å²) in [6.07, 6.45) is 2.07. The van der Waals surface area contributed by atoms with Crippen molar-refractivity contribution in [2.24, 2.45) is 0 Å². The fourth-order valence-corrected chi connectivity index (χ4v) is 4.31. The van der Waals surface area contributed by atoms with Gasteiger partial charge in [0.15, 0.2) is 0 Å². The maximum Gasteiger partial charge on any atom is 0.278 e. The van der Waals surface area contributed by atoms with E-state index in [4.69, 9.17) is 0 Å². The Labute approximate surface area is 138 Å². The highest BCUT2D eigenvalue weighted by molar-refractivity contribution is 7.10. The van der Waals surface area contributed by atoms with Gasteiger partial charge >= 0.3 is 0 Å². The van der Waals surface area contributed by atoms with Crippen LogP contribution in [0.4, 0.5) is 0 Å². The average molecular weight is 326 g/mol. The van der Waals surface area contributed by atoms with Gasteiger partial charge in [0.05, 0.1) is 12.1 Å². The molecule has 1 aliphatic rings. The van der Waals surface area contributed by atoms with Gasteiger partial charge in [-0.1, -0.05) is 24.3 Å². The average Bonchev–Trinajstić information content (AvgIpc) is 3.06. The van der Waals surface area contributed by atoms with E-state index < -0.39 is 0 Å². The normalized spacial score (nSPS) is 18.2. The smallest absolute Gasteiger partial charge is 0.277 e. The molecule has 0 radical (unpaired) electrons. The molecule has 0 unspecified atom stereocenters. The van der Waals surface area contributed by atoms with E-state index in [0.717, 1.165) is 19.4 Å². The molecular weight excluding hydrogens is 308 g/mol. The van der Waals surface area contributed by atoms with Crippen molar-refractivity contribution in [1.82, 2.24) is 19.9 Å². The summed E-state index contributed by atoms with van der Waals surface area (Å²) in [6.45, 7) is 3.64. The van der Waals surface area contributed by atoms with E-state index in [1.165, 1.54) is 15.1 Å². The molecule has 1 aromatic carbocycles. The third-order valence-corrected chi connectivity index (χ3v) is 5.53. The van der Waals surface area contributed by atoms with Gasteiger partial charge < -0.3 is 0 Å². The lowest BCUT2D eigenvalue weighted by Crippen LogP contribution is -2.40. The van der Waals surface area contributed by atoms with Gasteiger partial charge in [-0.2, -0.15) is 4.68 Å². The van der Waals surface area contributed by atoms with Gasteiger partial charge in [-0.15, -0.1) is 16.4 Å². The topological polar surface area (TPSA) is 51.0 Å². The zero-order chi connectivity index (χ0) is 15.8. The highest BCUT2D eigenvalue weighted by atomic mass is 32.1. The Kier molecular flexibility index (Phi) is 3.71. The van der Waals surface area contributed by atoms with Crippen molar-refractivity contribution in [3.05, 3.63) is 56.5 Å². The summed E-state index contributed by atoms with van der Waals surface area (Å²) in [5, 5.41) is 11.1. The Morgan fingerprint density at radius 3 is 3.04 bits per heavy atom. The summed E-state index contributed by atoms with van der Waals surface area (Å²) >= 11 is 1.83. The van der Waals surface area contributed by atoms with Gasteiger partial charge in [-0.25, -0.2) is 0 Å². The lowest BCUT2D eigenvalue weighted by Gasteiger charge is -2.35. The molecule has 0 N–H and O–H groups in total. The van der Waals surface area contributed by atoms with Crippen LogP contribution in [-0.2, 0) is 13.1 Å². The number of nitrogens with zero attached hydrogens (tertiary/aromatic N) is 4. The zero-order valence-corrected chi connectivity index (χ0v) is 13.8. The van der Waals surface area contributed by atoms with E-state index in [9.17, 15) is 4.79 Å². The molecule has 0 saturated heterocycles. The molecule has 2 aromatic heterocycles. The molecule has 0 bridgehead atoms. The summed E-state index contributed by atoms with van der Waals surface area (Å²) in [6, 6.07) is 9.94. The fourth-order valence-electron chi connectivity index (χ4n) is 3.38. The molecule has 4 rings (SSSR count). The van der Waals surface area contributed by atoms with Crippen molar-refractivity contribution < 1.29 is 0 Å². The number of benzene rings is 1. The maximum atomic E-state index is 12.6. The lowest BCUT2D eigenvalue weighted by atomic mass is 9.98. The van der Waals surface area contributed by atoms with E-state index in [1.807, 2.05) is 35.6 Å². The van der Waals surface area contributed by atoms with Crippen molar-refractivity contribution in [3.63, 3.8) is 0 Å². The number of fused-ring (bicyclic) bond motifs is 2. The summed E-state index contributed by atoms with van der Waals surface area (Å²) in [5.74, 6) is 0. The predicted octanol–water partition coefficient (Wildman–Crippen LogP) is 2.82. The van der Waals surface area contributed by atoms with Gasteiger partial charge in [0.2, 0.25) is 0 Å². The third kappa shape index (κ3) is 2.48. The Morgan fingerprint density at radius 1 is 1.30 bits per heavy atom. The first-order valence-electron chi connectivity index (χ1n) is 7.90. The van der Waals surface area contributed by atoms with Crippen molar-refractivity contribution in [1.29, 1.82) is 0 Å². The van der Waals surface area contributed by atoms with Crippen LogP contribution < -0.4 is 5.56 Å². The Hall–Kier alpha value is -2.05. The molecule has 0 saturated carbocycles. The quantitative estimate of drug-likeness (QED) is 0.743. The van der Waals surface area contributed by atoms with Crippen LogP contribution in [0.1, 0.15) is 29.8 Å². The molecule has 0 spiro atoms. The SMILES string of the molecule is CC[C@@H]1c2ccsc2CCN1Cn1nnc2ccccc2c1=O. The second-order valence-corrected chi connectivity index (χ2v) is 6.84. The van der Waals surface area contributed by atoms with E-state index in [-0.39, 0.29) is 5.56 Å². The molecule has 0 aliphatic carbocycles. The molecule has 3 aromatic rings. The molecule has 1 atom stereocenters. The van der Waals surface area contributed by atoms with Crippen LogP contribution in [0.25, 0.3) is 10.9 Å². The van der Waals surface area contributed by atoms with Crippen molar-refractivity contribution in [2.75, 3.05) is 6.54 Å². The van der Waals surface area contributed by atoms with Crippen LogP contribution in [-0.4, -0.2) is 26.4 Å². The maximum absolute atomic E-state index is 12.6. The highest BCUT2D eigenvalue weighted by Gasteiger charge is 2.27. The lowest BCUT2D eigenvalue weighted by molar-refractivity contribution is 0.126. The van der Waals surface area contributed by atoms with Gasteiger partial charge in [0.25, 0.3) is 5.56 Å². The van der Waals surface area contributed by atoms with E-state index in [2.05, 4.69) is 33.6 Å². The first-order valence-corrected chi connectivity index (χ1v) is 8.78. The van der Waals surface area contributed by atoms with Crippen molar-refractivity contribution in [2.45, 2.75) is 32.5 Å². The minimum absolute atomic E-state index is 0.0680. The van der Waals surface area contributed by atoms with Crippen LogP contribution in [0.5, 0.6) is 0 Å². The van der Waals surface area contributed by atoms with Crippen LogP contribution in [0.3, 0.4) is 0 Å². The molecule has 118 valence electrons. The predicted molar refractivity (Wildman–Crippen MR) is 91.6 cm³/mol. The highest BCUT2D eigenvalue weighted by Crippen LogP contribution is 2.35. The monoisotopic (exact) mass is 326 g/mol. The van der Waals surface area contributed by atoms with E-state index >= 15 is 0 Å². The largest absolute Gasteiger partial charge is 0.278 e. The first-order chi connectivity index (χ1) is 11.3. The number of aromatic nitrogens is 3. The number of hydrogen-bond acceptors (Lipinski definition) is 5. The first kappa shape index (κ1) is 14.5. The molecular formula is C17H18N4OS. The Bertz CT molecular complexity index is 901. The number of hydrogen-bond donors (Lipinski definition) is 0. The van der Waals surface area contributed by atoms with Gasteiger partial charge in [-0.05, 0) is 42.0 Å². The Balaban J connectivity index is 1.68. The Morgan fingerprint density at radius 2 is 2.17 bits per heavy atom. The summed E-state index contributed by atoms with van der Waals surface area (Å²) in [4.78, 5) is 16.4. The fraction of sp³-hybridized carbons (Fsp3) is 0.353.